The van der Waals surface area contributed by atoms with Crippen LogP contribution in [0.1, 0.15) is 5.56 Å². The molecule has 0 saturated carbocycles. The molecule has 302 valence electrons. The summed E-state index contributed by atoms with van der Waals surface area (Å²) in [5, 5.41) is 17.5. The summed E-state index contributed by atoms with van der Waals surface area (Å²) in [6.07, 6.45) is 0. The number of hydrogen-bond acceptors (Lipinski definition) is 0. The number of hydrogen-bond donors (Lipinski definition) is 0. The molecule has 0 atom stereocenters. The zero-order valence-electron chi connectivity index (χ0n) is 36.0. The Bertz CT molecular complexity index is 4000. The maximum absolute atomic E-state index is 2.47. The smallest absolute Gasteiger partial charge is 0.00201 e. The van der Waals surface area contributed by atoms with Crippen molar-refractivity contribution < 1.29 is 0 Å². The Kier molecular flexibility index (Phi) is 8.54. The summed E-state index contributed by atoms with van der Waals surface area (Å²) in [7, 11) is 0. The van der Waals surface area contributed by atoms with Crippen LogP contribution in [0.5, 0.6) is 0 Å². The monoisotopic (exact) mass is 822 g/mol. The van der Waals surface area contributed by atoms with Gasteiger partial charge in [0.1, 0.15) is 0 Å². The van der Waals surface area contributed by atoms with Crippen molar-refractivity contribution in [3.63, 3.8) is 0 Å². The van der Waals surface area contributed by atoms with E-state index in [1.165, 1.54) is 137 Å². The Morgan fingerprint density at radius 3 is 1.08 bits per heavy atom. The highest BCUT2D eigenvalue weighted by Gasteiger charge is 2.21. The van der Waals surface area contributed by atoms with E-state index < -0.39 is 0 Å². The first-order valence-electron chi connectivity index (χ1n) is 22.7. The van der Waals surface area contributed by atoms with Gasteiger partial charge in [-0.2, -0.15) is 0 Å². The van der Waals surface area contributed by atoms with Crippen LogP contribution in [0.2, 0.25) is 0 Å². The predicted molar refractivity (Wildman–Crippen MR) is 281 cm³/mol. The maximum atomic E-state index is 2.47. The molecule has 65 heavy (non-hydrogen) atoms. The number of benzene rings is 13. The molecule has 13 rings (SSSR count). The molecule has 0 aliphatic carbocycles. The van der Waals surface area contributed by atoms with E-state index >= 15 is 0 Å². The van der Waals surface area contributed by atoms with Gasteiger partial charge in [0.25, 0.3) is 0 Å². The lowest BCUT2D eigenvalue weighted by molar-refractivity contribution is 1.47. The number of fused-ring (bicyclic) bond motifs is 7. The first kappa shape index (κ1) is 37.3. The van der Waals surface area contributed by atoms with E-state index in [-0.39, 0.29) is 0 Å². The summed E-state index contributed by atoms with van der Waals surface area (Å²) in [4.78, 5) is 0. The van der Waals surface area contributed by atoms with Gasteiger partial charge in [-0.05, 0) is 156 Å². The number of aryl methyl sites for hydroxylation is 1. The van der Waals surface area contributed by atoms with Crippen LogP contribution in [0, 0.1) is 6.92 Å². The van der Waals surface area contributed by atoms with Crippen LogP contribution in [0.4, 0.5) is 0 Å². The fourth-order valence-corrected chi connectivity index (χ4v) is 10.9. The van der Waals surface area contributed by atoms with Gasteiger partial charge in [-0.1, -0.05) is 224 Å². The zero-order valence-corrected chi connectivity index (χ0v) is 36.0. The average molecular weight is 823 g/mol. The van der Waals surface area contributed by atoms with E-state index in [4.69, 9.17) is 0 Å². The quantitative estimate of drug-likeness (QED) is 0.152. The molecule has 0 N–H and O–H groups in total. The average Bonchev–Trinajstić information content (AvgIpc) is 3.37. The fourth-order valence-electron chi connectivity index (χ4n) is 10.9. The van der Waals surface area contributed by atoms with Crippen LogP contribution in [0.15, 0.2) is 237 Å². The Hall–Kier alpha value is -8.32. The van der Waals surface area contributed by atoms with Crippen molar-refractivity contribution in [2.75, 3.05) is 0 Å². The highest BCUT2D eigenvalue weighted by molar-refractivity contribution is 6.25. The first-order valence-corrected chi connectivity index (χ1v) is 22.7. The summed E-state index contributed by atoms with van der Waals surface area (Å²) in [6.45, 7) is 2.16. The second-order valence-corrected chi connectivity index (χ2v) is 17.6. The summed E-state index contributed by atoms with van der Waals surface area (Å²) >= 11 is 0. The van der Waals surface area contributed by atoms with Crippen molar-refractivity contribution in [3.05, 3.63) is 242 Å². The topological polar surface area (TPSA) is 0 Å². The molecule has 0 amide bonds. The van der Waals surface area contributed by atoms with Crippen molar-refractivity contribution >= 4 is 75.4 Å². The minimum absolute atomic E-state index is 1.20. The summed E-state index contributed by atoms with van der Waals surface area (Å²) in [5.41, 5.74) is 13.7. The second-order valence-electron chi connectivity index (χ2n) is 17.6. The van der Waals surface area contributed by atoms with Crippen LogP contribution in [0.3, 0.4) is 0 Å². The van der Waals surface area contributed by atoms with Gasteiger partial charge in [0.15, 0.2) is 0 Å². The molecule has 13 aromatic rings. The Labute approximate surface area is 378 Å². The normalized spacial score (nSPS) is 11.8. The lowest BCUT2D eigenvalue weighted by atomic mass is 9.82. The van der Waals surface area contributed by atoms with Crippen LogP contribution in [-0.2, 0) is 0 Å². The minimum atomic E-state index is 1.20. The summed E-state index contributed by atoms with van der Waals surface area (Å²) in [5.74, 6) is 0. The summed E-state index contributed by atoms with van der Waals surface area (Å²) < 4.78 is 0. The van der Waals surface area contributed by atoms with E-state index in [0.717, 1.165) is 0 Å². The van der Waals surface area contributed by atoms with Crippen LogP contribution < -0.4 is 0 Å². The summed E-state index contributed by atoms with van der Waals surface area (Å²) in [6, 6.07) is 88.3. The maximum Gasteiger partial charge on any atom is -0.00201 e. The van der Waals surface area contributed by atoms with Crippen molar-refractivity contribution in [2.24, 2.45) is 0 Å². The zero-order chi connectivity index (χ0) is 43.0. The number of rotatable bonds is 5. The Morgan fingerprint density at radius 1 is 0.200 bits per heavy atom. The lowest BCUT2D eigenvalue weighted by Gasteiger charge is -2.21. The SMILES string of the molecule is Cc1ccc(-c2c3ccccc3c(-c3ccc(-c4ccc5c(-c6ccc7ccccc7c6)c6ccccc6c(-c6ccc7ccccc7c6)c5c4)c4ccccc34)c3ccccc23)cc1. The third kappa shape index (κ3) is 5.99. The minimum Gasteiger partial charge on any atom is -0.0616 e. The first-order chi connectivity index (χ1) is 32.2. The van der Waals surface area contributed by atoms with E-state index in [0.29, 0.717) is 0 Å². The molecule has 0 heterocycles. The highest BCUT2D eigenvalue weighted by Crippen LogP contribution is 2.49. The van der Waals surface area contributed by atoms with Crippen LogP contribution in [-0.4, -0.2) is 0 Å². The predicted octanol–water partition coefficient (Wildman–Crippen LogP) is 18.4. The van der Waals surface area contributed by atoms with Crippen molar-refractivity contribution in [1.82, 2.24) is 0 Å². The van der Waals surface area contributed by atoms with Gasteiger partial charge in [0.05, 0.1) is 0 Å². The van der Waals surface area contributed by atoms with Crippen LogP contribution >= 0.6 is 0 Å². The highest BCUT2D eigenvalue weighted by atomic mass is 14.2. The largest absolute Gasteiger partial charge is 0.0616 e. The molecule has 0 radical (unpaired) electrons. The third-order valence-electron chi connectivity index (χ3n) is 13.9. The van der Waals surface area contributed by atoms with Crippen molar-refractivity contribution in [2.45, 2.75) is 6.92 Å². The van der Waals surface area contributed by atoms with Gasteiger partial charge in [0.2, 0.25) is 0 Å². The lowest BCUT2D eigenvalue weighted by Crippen LogP contribution is -1.93. The van der Waals surface area contributed by atoms with Crippen LogP contribution in [0.25, 0.3) is 131 Å². The van der Waals surface area contributed by atoms with Gasteiger partial charge in [0, 0.05) is 0 Å². The van der Waals surface area contributed by atoms with Gasteiger partial charge in [-0.15, -0.1) is 0 Å². The Morgan fingerprint density at radius 2 is 0.554 bits per heavy atom. The standard InChI is InChI=1S/C65H42/c1-41-26-28-44(29-27-41)62-55-22-10-12-24-57(55)65(58-25-13-11-23-56(58)62)59-37-36-50(51-18-6-7-19-52(51)59)47-34-35-60-61(40-47)64(49-33-31-43-15-3-5-17-46(43)39-49)54-21-9-8-20-53(54)63(60)48-32-30-42-14-2-4-16-45(42)38-48/h2-40H,1H3. The van der Waals surface area contributed by atoms with Gasteiger partial charge < -0.3 is 0 Å². The molecule has 0 unspecified atom stereocenters. The molecule has 0 aromatic heterocycles. The second kappa shape index (κ2) is 14.9. The molecule has 0 saturated heterocycles. The Balaban J connectivity index is 1.08. The van der Waals surface area contributed by atoms with Gasteiger partial charge >= 0.3 is 0 Å². The molecule has 0 aliphatic heterocycles. The molecule has 0 aliphatic rings. The van der Waals surface area contributed by atoms with Gasteiger partial charge in [-0.3, -0.25) is 0 Å². The van der Waals surface area contributed by atoms with Crippen molar-refractivity contribution in [3.8, 4) is 55.6 Å². The van der Waals surface area contributed by atoms with E-state index in [2.05, 4.69) is 244 Å². The van der Waals surface area contributed by atoms with E-state index in [9.17, 15) is 0 Å². The molecule has 0 spiro atoms. The molecule has 0 fully saturated rings. The van der Waals surface area contributed by atoms with Gasteiger partial charge in [-0.25, -0.2) is 0 Å². The molecular weight excluding hydrogens is 781 g/mol. The molecule has 13 aromatic carbocycles. The molecule has 0 bridgehead atoms. The fraction of sp³-hybridized carbons (Fsp3) is 0.0154. The van der Waals surface area contributed by atoms with Crippen molar-refractivity contribution in [1.29, 1.82) is 0 Å². The molecule has 0 nitrogen and oxygen atoms in total. The third-order valence-corrected chi connectivity index (χ3v) is 13.9. The van der Waals surface area contributed by atoms with E-state index in [1.54, 1.807) is 0 Å². The van der Waals surface area contributed by atoms with E-state index in [1.807, 2.05) is 0 Å². The molecule has 0 heteroatoms. The molecular formula is C65H42.